The predicted molar refractivity (Wildman–Crippen MR) is 113 cm³/mol. The fourth-order valence-corrected chi connectivity index (χ4v) is 3.43. The molecular weight excluding hydrogens is 378 g/mol. The second-order valence-corrected chi connectivity index (χ2v) is 7.14. The molecule has 1 aliphatic rings. The largest absolute Gasteiger partial charge is 0.322 e. The molecule has 0 saturated heterocycles. The summed E-state index contributed by atoms with van der Waals surface area (Å²) in [4.78, 5) is 39.7. The van der Waals surface area contributed by atoms with Crippen molar-refractivity contribution in [3.63, 3.8) is 0 Å². The van der Waals surface area contributed by atoms with E-state index in [-0.39, 0.29) is 16.7 Å². The molecule has 146 valence electrons. The highest BCUT2D eigenvalue weighted by molar-refractivity contribution is 6.35. The van der Waals surface area contributed by atoms with Crippen LogP contribution in [0.2, 0.25) is 0 Å². The molecule has 3 aromatic carbocycles. The quantitative estimate of drug-likeness (QED) is 0.672. The summed E-state index contributed by atoms with van der Waals surface area (Å²) in [6.45, 7) is 3.73. The smallest absolute Gasteiger partial charge is 0.266 e. The van der Waals surface area contributed by atoms with E-state index in [0.717, 1.165) is 16.0 Å². The lowest BCUT2D eigenvalue weighted by molar-refractivity contribution is 0.0925. The van der Waals surface area contributed by atoms with Crippen LogP contribution in [0, 0.1) is 25.2 Å². The second-order valence-electron chi connectivity index (χ2n) is 7.14. The zero-order chi connectivity index (χ0) is 21.4. The highest BCUT2D eigenvalue weighted by atomic mass is 16.2. The Kier molecular flexibility index (Phi) is 4.65. The van der Waals surface area contributed by atoms with Crippen LogP contribution in [-0.2, 0) is 0 Å². The van der Waals surface area contributed by atoms with Gasteiger partial charge in [-0.2, -0.15) is 5.26 Å². The summed E-state index contributed by atoms with van der Waals surface area (Å²) in [6.07, 6.45) is 0. The van der Waals surface area contributed by atoms with E-state index in [1.165, 1.54) is 18.2 Å². The maximum absolute atomic E-state index is 13.0. The summed E-state index contributed by atoms with van der Waals surface area (Å²) in [7, 11) is 0. The molecule has 0 saturated carbocycles. The van der Waals surface area contributed by atoms with Gasteiger partial charge in [0.15, 0.2) is 0 Å². The van der Waals surface area contributed by atoms with Gasteiger partial charge in [0.1, 0.15) is 0 Å². The lowest BCUT2D eigenvalue weighted by Gasteiger charge is -2.17. The Morgan fingerprint density at radius 2 is 1.70 bits per heavy atom. The first-order valence-corrected chi connectivity index (χ1v) is 9.30. The Morgan fingerprint density at radius 3 is 2.47 bits per heavy atom. The topological polar surface area (TPSA) is 90.3 Å². The van der Waals surface area contributed by atoms with Gasteiger partial charge in [0.2, 0.25) is 0 Å². The average Bonchev–Trinajstić information content (AvgIpc) is 2.99. The molecular formula is C24H17N3O3. The molecule has 0 aromatic heterocycles. The third-order valence-corrected chi connectivity index (χ3v) is 5.00. The molecule has 6 nitrogen and oxygen atoms in total. The SMILES string of the molecule is Cc1ccc(C)c(N2C(=O)c3ccc(C(=O)Nc4cccc(C#N)c4)cc3C2=O)c1. The molecule has 0 aliphatic carbocycles. The van der Waals surface area contributed by atoms with Crippen LogP contribution in [0.4, 0.5) is 11.4 Å². The van der Waals surface area contributed by atoms with E-state index in [9.17, 15) is 14.4 Å². The summed E-state index contributed by atoms with van der Waals surface area (Å²) in [5.41, 5.74) is 3.90. The Hall–Kier alpha value is -4.24. The van der Waals surface area contributed by atoms with Gasteiger partial charge in [-0.15, -0.1) is 0 Å². The van der Waals surface area contributed by atoms with Crippen molar-refractivity contribution in [2.24, 2.45) is 0 Å². The van der Waals surface area contributed by atoms with Crippen molar-refractivity contribution < 1.29 is 14.4 Å². The predicted octanol–water partition coefficient (Wildman–Crippen LogP) is 4.23. The number of carbonyl (C=O) groups is 3. The van der Waals surface area contributed by atoms with Gasteiger partial charge < -0.3 is 5.32 Å². The molecule has 0 unspecified atom stereocenters. The minimum atomic E-state index is -0.454. The number of fused-ring (bicyclic) bond motifs is 1. The van der Waals surface area contributed by atoms with Gasteiger partial charge in [0.25, 0.3) is 17.7 Å². The Bertz CT molecular complexity index is 1270. The van der Waals surface area contributed by atoms with Crippen molar-refractivity contribution in [1.29, 1.82) is 5.26 Å². The number of nitrogens with one attached hydrogen (secondary N) is 1. The van der Waals surface area contributed by atoms with Crippen molar-refractivity contribution >= 4 is 29.1 Å². The Labute approximate surface area is 173 Å². The third kappa shape index (κ3) is 3.23. The summed E-state index contributed by atoms with van der Waals surface area (Å²) < 4.78 is 0. The van der Waals surface area contributed by atoms with E-state index in [4.69, 9.17) is 5.26 Å². The van der Waals surface area contributed by atoms with E-state index >= 15 is 0 Å². The van der Waals surface area contributed by atoms with Crippen LogP contribution < -0.4 is 10.2 Å². The highest BCUT2D eigenvalue weighted by Gasteiger charge is 2.37. The number of nitriles is 1. The van der Waals surface area contributed by atoms with E-state index < -0.39 is 17.7 Å². The number of carbonyl (C=O) groups excluding carboxylic acids is 3. The summed E-state index contributed by atoms with van der Waals surface area (Å²) in [6, 6.07) is 18.6. The molecule has 4 rings (SSSR count). The second kappa shape index (κ2) is 7.30. The minimum Gasteiger partial charge on any atom is -0.322 e. The average molecular weight is 395 g/mol. The molecule has 1 heterocycles. The van der Waals surface area contributed by atoms with Gasteiger partial charge in [0, 0.05) is 11.3 Å². The lowest BCUT2D eigenvalue weighted by atomic mass is 10.1. The maximum atomic E-state index is 13.0. The molecule has 1 N–H and O–H groups in total. The van der Waals surface area contributed by atoms with E-state index in [1.807, 2.05) is 32.0 Å². The molecule has 3 amide bonds. The number of amides is 3. The number of rotatable bonds is 3. The van der Waals surface area contributed by atoms with Gasteiger partial charge >= 0.3 is 0 Å². The third-order valence-electron chi connectivity index (χ3n) is 5.00. The molecule has 0 fully saturated rings. The number of imide groups is 1. The molecule has 3 aromatic rings. The molecule has 6 heteroatoms. The van der Waals surface area contributed by atoms with Crippen LogP contribution in [0.15, 0.2) is 60.7 Å². The summed E-state index contributed by atoms with van der Waals surface area (Å²) in [5, 5.41) is 11.7. The van der Waals surface area contributed by atoms with E-state index in [1.54, 1.807) is 30.3 Å². The Morgan fingerprint density at radius 1 is 0.933 bits per heavy atom. The summed E-state index contributed by atoms with van der Waals surface area (Å²) >= 11 is 0. The van der Waals surface area contributed by atoms with Crippen LogP contribution in [0.1, 0.15) is 47.8 Å². The van der Waals surface area contributed by atoms with Crippen LogP contribution in [0.5, 0.6) is 0 Å². The standard InChI is InChI=1S/C24H17N3O3/c1-14-6-7-15(2)21(10-14)27-23(29)19-9-8-17(12-20(19)24(27)30)22(28)26-18-5-3-4-16(11-18)13-25/h3-12H,1-2H3,(H,26,28). The molecule has 30 heavy (non-hydrogen) atoms. The number of hydrogen-bond acceptors (Lipinski definition) is 4. The van der Waals surface area contributed by atoms with Gasteiger partial charge in [0.05, 0.1) is 28.4 Å². The first-order chi connectivity index (χ1) is 14.4. The van der Waals surface area contributed by atoms with Gasteiger partial charge in [-0.3, -0.25) is 14.4 Å². The lowest BCUT2D eigenvalue weighted by Crippen LogP contribution is -2.30. The van der Waals surface area contributed by atoms with E-state index in [0.29, 0.717) is 16.9 Å². The molecule has 0 atom stereocenters. The van der Waals surface area contributed by atoms with Gasteiger partial charge in [-0.05, 0) is 67.4 Å². The van der Waals surface area contributed by atoms with E-state index in [2.05, 4.69) is 5.32 Å². The van der Waals surface area contributed by atoms with Gasteiger partial charge in [-0.1, -0.05) is 18.2 Å². The zero-order valence-corrected chi connectivity index (χ0v) is 16.4. The number of hydrogen-bond donors (Lipinski definition) is 1. The van der Waals surface area contributed by atoms with Crippen molar-refractivity contribution in [1.82, 2.24) is 0 Å². The van der Waals surface area contributed by atoms with Crippen molar-refractivity contribution in [3.05, 3.63) is 94.0 Å². The molecule has 1 aliphatic heterocycles. The highest BCUT2D eigenvalue weighted by Crippen LogP contribution is 2.32. The number of benzene rings is 3. The van der Waals surface area contributed by atoms with Crippen LogP contribution in [0.3, 0.4) is 0 Å². The first-order valence-electron chi connectivity index (χ1n) is 9.30. The van der Waals surface area contributed by atoms with Crippen molar-refractivity contribution in [2.75, 3.05) is 10.2 Å². The van der Waals surface area contributed by atoms with Crippen molar-refractivity contribution in [3.8, 4) is 6.07 Å². The van der Waals surface area contributed by atoms with Crippen LogP contribution in [0.25, 0.3) is 0 Å². The number of aryl methyl sites for hydroxylation is 2. The Balaban J connectivity index is 1.65. The van der Waals surface area contributed by atoms with Gasteiger partial charge in [-0.25, -0.2) is 4.90 Å². The fraction of sp³-hybridized carbons (Fsp3) is 0.0833. The first kappa shape index (κ1) is 19.1. The monoisotopic (exact) mass is 395 g/mol. The molecule has 0 bridgehead atoms. The van der Waals surface area contributed by atoms with Crippen LogP contribution in [-0.4, -0.2) is 17.7 Å². The maximum Gasteiger partial charge on any atom is 0.266 e. The minimum absolute atomic E-state index is 0.194. The van der Waals surface area contributed by atoms with Crippen molar-refractivity contribution in [2.45, 2.75) is 13.8 Å². The number of anilines is 2. The number of nitrogens with zero attached hydrogens (tertiary/aromatic N) is 2. The normalized spacial score (nSPS) is 12.5. The fourth-order valence-electron chi connectivity index (χ4n) is 3.43. The molecule has 0 spiro atoms. The molecule has 0 radical (unpaired) electrons. The summed E-state index contributed by atoms with van der Waals surface area (Å²) in [5.74, 6) is -1.29. The van der Waals surface area contributed by atoms with Crippen LogP contribution >= 0.6 is 0 Å². The zero-order valence-electron chi connectivity index (χ0n) is 16.4.